The number of nitrogens with zero attached hydrogens (tertiary/aromatic N) is 4. The molecule has 1 aliphatic carbocycles. The van der Waals surface area contributed by atoms with E-state index in [1.165, 1.54) is 5.01 Å². The molecule has 0 unspecified atom stereocenters. The smallest absolute Gasteiger partial charge is 0.242 e. The van der Waals surface area contributed by atoms with E-state index in [2.05, 4.69) is 15.6 Å². The lowest BCUT2D eigenvalue weighted by Gasteiger charge is -2.29. The van der Waals surface area contributed by atoms with E-state index < -0.39 is 12.0 Å². The molecule has 9 nitrogen and oxygen atoms in total. The Labute approximate surface area is 164 Å². The van der Waals surface area contributed by atoms with E-state index in [0.717, 1.165) is 25.7 Å². The Morgan fingerprint density at radius 3 is 2.82 bits per heavy atom. The van der Waals surface area contributed by atoms with Gasteiger partial charge in [-0.3, -0.25) is 24.6 Å². The van der Waals surface area contributed by atoms with Gasteiger partial charge in [-0.2, -0.15) is 10.2 Å². The minimum atomic E-state index is -0.580. The summed E-state index contributed by atoms with van der Waals surface area (Å²) >= 11 is 0. The van der Waals surface area contributed by atoms with E-state index in [-0.39, 0.29) is 24.7 Å². The van der Waals surface area contributed by atoms with Gasteiger partial charge in [0.05, 0.1) is 24.6 Å². The zero-order chi connectivity index (χ0) is 19.9. The standard InChI is InChI=1S/C19H27N5O4/c25-13-23(28)12-15(10-14-4-1-2-5-14)19(27)24-17(7-9-21-24)18(26)11-16-6-3-8-20-22-16/h3,6,8,13-15,17,21,28H,1-2,4-5,7,9-12H2/t15-,17+/m1/s1. The predicted octanol–water partition coefficient (Wildman–Crippen LogP) is 0.738. The van der Waals surface area contributed by atoms with Gasteiger partial charge in [-0.25, -0.2) is 10.5 Å². The molecule has 1 aromatic heterocycles. The van der Waals surface area contributed by atoms with Gasteiger partial charge in [-0.15, -0.1) is 0 Å². The number of amides is 2. The number of carbonyl (C=O) groups excluding carboxylic acids is 3. The fraction of sp³-hybridized carbons (Fsp3) is 0.632. The Hall–Kier alpha value is -2.39. The minimum absolute atomic E-state index is 0.0674. The molecule has 2 atom stereocenters. The molecule has 0 aromatic carbocycles. The second kappa shape index (κ2) is 9.70. The van der Waals surface area contributed by atoms with Crippen molar-refractivity contribution in [3.05, 3.63) is 24.0 Å². The van der Waals surface area contributed by atoms with Gasteiger partial charge < -0.3 is 0 Å². The van der Waals surface area contributed by atoms with Gasteiger partial charge in [0.1, 0.15) is 6.04 Å². The van der Waals surface area contributed by atoms with Gasteiger partial charge >= 0.3 is 0 Å². The van der Waals surface area contributed by atoms with Crippen LogP contribution in [0.1, 0.15) is 44.2 Å². The summed E-state index contributed by atoms with van der Waals surface area (Å²) in [5.41, 5.74) is 3.57. The molecule has 2 fully saturated rings. The number of hydrogen-bond acceptors (Lipinski definition) is 7. The molecule has 2 N–H and O–H groups in total. The minimum Gasteiger partial charge on any atom is -0.297 e. The normalized spacial score (nSPS) is 20.9. The Kier molecular flexibility index (Phi) is 7.05. The first-order valence-corrected chi connectivity index (χ1v) is 9.85. The van der Waals surface area contributed by atoms with Crippen molar-refractivity contribution in [2.24, 2.45) is 11.8 Å². The predicted molar refractivity (Wildman–Crippen MR) is 98.6 cm³/mol. The lowest BCUT2D eigenvalue weighted by Crippen LogP contribution is -2.51. The summed E-state index contributed by atoms with van der Waals surface area (Å²) < 4.78 is 0. The third-order valence-electron chi connectivity index (χ3n) is 5.57. The molecular formula is C19H27N5O4. The maximum absolute atomic E-state index is 13.2. The fourth-order valence-corrected chi connectivity index (χ4v) is 4.19. The SMILES string of the molecule is O=CN(O)C[C@@H](CC1CCCC1)C(=O)N1NCC[C@H]1C(=O)Cc1cccnn1. The van der Waals surface area contributed by atoms with E-state index >= 15 is 0 Å². The van der Waals surface area contributed by atoms with Crippen molar-refractivity contribution in [2.75, 3.05) is 13.1 Å². The number of carbonyl (C=O) groups is 3. The van der Waals surface area contributed by atoms with Crippen LogP contribution < -0.4 is 5.43 Å². The second-order valence-corrected chi connectivity index (χ2v) is 7.59. The summed E-state index contributed by atoms with van der Waals surface area (Å²) in [6.45, 7) is 0.456. The highest BCUT2D eigenvalue weighted by Crippen LogP contribution is 2.31. The molecule has 2 amide bonds. The van der Waals surface area contributed by atoms with Crippen LogP contribution in [0.15, 0.2) is 18.3 Å². The second-order valence-electron chi connectivity index (χ2n) is 7.59. The molecule has 1 saturated carbocycles. The highest BCUT2D eigenvalue weighted by Gasteiger charge is 2.38. The Morgan fingerprint density at radius 2 is 2.14 bits per heavy atom. The average molecular weight is 389 g/mol. The van der Waals surface area contributed by atoms with Gasteiger partial charge in [-0.05, 0) is 30.9 Å². The van der Waals surface area contributed by atoms with Crippen LogP contribution in [0.2, 0.25) is 0 Å². The van der Waals surface area contributed by atoms with E-state index in [4.69, 9.17) is 0 Å². The number of hydrazine groups is 1. The largest absolute Gasteiger partial charge is 0.297 e. The Bertz CT molecular complexity index is 680. The van der Waals surface area contributed by atoms with Crippen molar-refractivity contribution in [2.45, 2.75) is 51.0 Å². The maximum atomic E-state index is 13.2. The van der Waals surface area contributed by atoms with Gasteiger partial charge in [0.25, 0.3) is 0 Å². The van der Waals surface area contributed by atoms with Crippen LogP contribution in [-0.2, 0) is 20.8 Å². The molecule has 0 spiro atoms. The fourth-order valence-electron chi connectivity index (χ4n) is 4.19. The molecular weight excluding hydrogens is 362 g/mol. The van der Waals surface area contributed by atoms with Gasteiger partial charge in [0, 0.05) is 12.7 Å². The zero-order valence-electron chi connectivity index (χ0n) is 15.9. The molecule has 0 bridgehead atoms. The Balaban J connectivity index is 1.68. The molecule has 152 valence electrons. The molecule has 2 aliphatic rings. The average Bonchev–Trinajstić information content (AvgIpc) is 3.39. The molecule has 1 aliphatic heterocycles. The van der Waals surface area contributed by atoms with Crippen molar-refractivity contribution in [3.63, 3.8) is 0 Å². The third kappa shape index (κ3) is 5.11. The van der Waals surface area contributed by atoms with Crippen LogP contribution in [-0.4, -0.2) is 62.7 Å². The lowest BCUT2D eigenvalue weighted by atomic mass is 9.91. The van der Waals surface area contributed by atoms with E-state index in [1.54, 1.807) is 18.3 Å². The lowest BCUT2D eigenvalue weighted by molar-refractivity contribution is -0.159. The summed E-state index contributed by atoms with van der Waals surface area (Å²) in [5.74, 6) is -0.487. The molecule has 1 aromatic rings. The molecule has 1 saturated heterocycles. The van der Waals surface area contributed by atoms with Crippen molar-refractivity contribution in [3.8, 4) is 0 Å². The number of nitrogens with one attached hydrogen (secondary N) is 1. The quantitative estimate of drug-likeness (QED) is 0.363. The maximum Gasteiger partial charge on any atom is 0.242 e. The van der Waals surface area contributed by atoms with Crippen molar-refractivity contribution >= 4 is 18.1 Å². The van der Waals surface area contributed by atoms with Crippen molar-refractivity contribution in [1.82, 2.24) is 25.7 Å². The van der Waals surface area contributed by atoms with Crippen LogP contribution in [0, 0.1) is 11.8 Å². The molecule has 0 radical (unpaired) electrons. The van der Waals surface area contributed by atoms with Gasteiger partial charge in [-0.1, -0.05) is 25.7 Å². The summed E-state index contributed by atoms with van der Waals surface area (Å²) in [7, 11) is 0. The van der Waals surface area contributed by atoms with Gasteiger partial charge in [0.2, 0.25) is 12.3 Å². The first-order chi connectivity index (χ1) is 13.6. The molecule has 9 heteroatoms. The number of rotatable bonds is 9. The first-order valence-electron chi connectivity index (χ1n) is 9.85. The van der Waals surface area contributed by atoms with Crippen molar-refractivity contribution in [1.29, 1.82) is 0 Å². The molecule has 2 heterocycles. The zero-order valence-corrected chi connectivity index (χ0v) is 15.9. The summed E-state index contributed by atoms with van der Waals surface area (Å²) in [6.07, 6.45) is 7.48. The van der Waals surface area contributed by atoms with E-state index in [0.29, 0.717) is 42.5 Å². The van der Waals surface area contributed by atoms with Crippen LogP contribution in [0.25, 0.3) is 0 Å². The number of hydroxylamine groups is 2. The van der Waals surface area contributed by atoms with Gasteiger partial charge in [0.15, 0.2) is 5.78 Å². The summed E-state index contributed by atoms with van der Waals surface area (Å²) in [6, 6.07) is 2.87. The van der Waals surface area contributed by atoms with Crippen molar-refractivity contribution < 1.29 is 19.6 Å². The van der Waals surface area contributed by atoms with E-state index in [1.807, 2.05) is 0 Å². The van der Waals surface area contributed by atoms with Crippen LogP contribution in [0.3, 0.4) is 0 Å². The monoisotopic (exact) mass is 389 g/mol. The first kappa shape index (κ1) is 20.3. The van der Waals surface area contributed by atoms with Crippen LogP contribution in [0.4, 0.5) is 0 Å². The summed E-state index contributed by atoms with van der Waals surface area (Å²) in [4.78, 5) is 36.8. The van der Waals surface area contributed by atoms with E-state index in [9.17, 15) is 19.6 Å². The Morgan fingerprint density at radius 1 is 1.36 bits per heavy atom. The number of hydrogen-bond donors (Lipinski definition) is 2. The highest BCUT2D eigenvalue weighted by atomic mass is 16.5. The van der Waals surface area contributed by atoms with Crippen LogP contribution in [0.5, 0.6) is 0 Å². The highest BCUT2D eigenvalue weighted by molar-refractivity contribution is 5.91. The topological polar surface area (TPSA) is 116 Å². The summed E-state index contributed by atoms with van der Waals surface area (Å²) in [5, 5.41) is 19.3. The third-order valence-corrected chi connectivity index (χ3v) is 5.57. The molecule has 28 heavy (non-hydrogen) atoms. The van der Waals surface area contributed by atoms with Crippen LogP contribution >= 0.6 is 0 Å². The number of aromatic nitrogens is 2. The number of Topliss-reactive ketones (excluding diaryl/α,β-unsaturated/α-hetero) is 1. The molecule has 3 rings (SSSR count). The number of ketones is 1.